The molecule has 7 nitrogen and oxygen atoms in total. The second-order valence-corrected chi connectivity index (χ2v) is 6.28. The second-order valence-electron chi connectivity index (χ2n) is 6.28. The molecular formula is C20H17N3O4. The van der Waals surface area contributed by atoms with Gasteiger partial charge in [0.25, 0.3) is 0 Å². The van der Waals surface area contributed by atoms with Gasteiger partial charge in [-0.05, 0) is 42.0 Å². The molecular weight excluding hydrogens is 346 g/mol. The summed E-state index contributed by atoms with van der Waals surface area (Å²) >= 11 is 0. The highest BCUT2D eigenvalue weighted by Gasteiger charge is 2.31. The summed E-state index contributed by atoms with van der Waals surface area (Å²) in [6.45, 7) is 0. The predicted octanol–water partition coefficient (Wildman–Crippen LogP) is 3.05. The zero-order valence-electron chi connectivity index (χ0n) is 14.5. The Hall–Kier alpha value is -3.61. The summed E-state index contributed by atoms with van der Waals surface area (Å²) in [5.74, 6) is -0.0425. The van der Waals surface area contributed by atoms with E-state index in [-0.39, 0.29) is 23.8 Å². The molecule has 0 unspecified atom stereocenters. The molecule has 1 amide bonds. The summed E-state index contributed by atoms with van der Waals surface area (Å²) in [5, 5.41) is 11.9. The monoisotopic (exact) mass is 363 g/mol. The van der Waals surface area contributed by atoms with Gasteiger partial charge in [0, 0.05) is 18.0 Å². The first kappa shape index (κ1) is 16.8. The first-order valence-corrected chi connectivity index (χ1v) is 8.41. The van der Waals surface area contributed by atoms with Crippen LogP contribution in [0, 0.1) is 0 Å². The van der Waals surface area contributed by atoms with E-state index in [9.17, 15) is 9.59 Å². The molecule has 0 fully saturated rings. The summed E-state index contributed by atoms with van der Waals surface area (Å²) in [6, 6.07) is 14.2. The molecule has 0 bridgehead atoms. The number of nitrogens with zero attached hydrogens (tertiary/aromatic N) is 2. The Morgan fingerprint density at radius 2 is 1.89 bits per heavy atom. The van der Waals surface area contributed by atoms with Crippen molar-refractivity contribution < 1.29 is 19.4 Å². The Morgan fingerprint density at radius 1 is 1.19 bits per heavy atom. The van der Waals surface area contributed by atoms with E-state index < -0.39 is 5.97 Å². The van der Waals surface area contributed by atoms with Crippen LogP contribution in [0.25, 0.3) is 5.69 Å². The van der Waals surface area contributed by atoms with Crippen molar-refractivity contribution in [3.05, 3.63) is 71.7 Å². The Labute approximate surface area is 155 Å². The van der Waals surface area contributed by atoms with E-state index >= 15 is 0 Å². The maximum absolute atomic E-state index is 12.1. The fourth-order valence-electron chi connectivity index (χ4n) is 3.33. The lowest BCUT2D eigenvalue weighted by atomic mass is 9.89. The highest BCUT2D eigenvalue weighted by atomic mass is 16.5. The standard InChI is InChI=1S/C20H17N3O4/c1-27-15-8-6-14(7-9-15)23-11-21-19-18(23)16(10-17(24)22-19)12-2-4-13(5-3-12)20(25)26/h2-9,11,16H,10H2,1H3,(H,22,24)(H,25,26)/t16-/m0/s1. The van der Waals surface area contributed by atoms with Crippen LogP contribution < -0.4 is 10.1 Å². The molecule has 0 spiro atoms. The molecule has 0 radical (unpaired) electrons. The van der Waals surface area contributed by atoms with Crippen molar-refractivity contribution in [1.82, 2.24) is 9.55 Å². The maximum atomic E-state index is 12.1. The number of aromatic nitrogens is 2. The van der Waals surface area contributed by atoms with Crippen LogP contribution in [0.4, 0.5) is 5.82 Å². The molecule has 0 saturated heterocycles. The summed E-state index contributed by atoms with van der Waals surface area (Å²) in [7, 11) is 1.61. The number of benzene rings is 2. The molecule has 1 aromatic heterocycles. The Morgan fingerprint density at radius 3 is 2.52 bits per heavy atom. The molecule has 4 rings (SSSR count). The van der Waals surface area contributed by atoms with Crippen LogP contribution in [-0.4, -0.2) is 33.6 Å². The summed E-state index contributed by atoms with van der Waals surface area (Å²) < 4.78 is 7.14. The maximum Gasteiger partial charge on any atom is 0.335 e. The molecule has 136 valence electrons. The third-order valence-corrected chi connectivity index (χ3v) is 4.69. The highest BCUT2D eigenvalue weighted by Crippen LogP contribution is 2.38. The zero-order chi connectivity index (χ0) is 19.0. The lowest BCUT2D eigenvalue weighted by Crippen LogP contribution is -2.25. The summed E-state index contributed by atoms with van der Waals surface area (Å²) in [4.78, 5) is 27.6. The Bertz CT molecular complexity index is 1010. The normalized spacial score (nSPS) is 15.7. The molecule has 7 heteroatoms. The SMILES string of the molecule is COc1ccc(-n2cnc3c2[C@H](c2ccc(C(=O)O)cc2)CC(=O)N3)cc1. The predicted molar refractivity (Wildman–Crippen MR) is 98.6 cm³/mol. The average Bonchev–Trinajstić information content (AvgIpc) is 3.11. The van der Waals surface area contributed by atoms with Gasteiger partial charge in [-0.2, -0.15) is 0 Å². The summed E-state index contributed by atoms with van der Waals surface area (Å²) in [6.07, 6.45) is 1.94. The minimum Gasteiger partial charge on any atom is -0.497 e. The van der Waals surface area contributed by atoms with Gasteiger partial charge in [-0.1, -0.05) is 12.1 Å². The lowest BCUT2D eigenvalue weighted by molar-refractivity contribution is -0.116. The van der Waals surface area contributed by atoms with E-state index in [2.05, 4.69) is 10.3 Å². The van der Waals surface area contributed by atoms with Gasteiger partial charge in [0.05, 0.1) is 18.4 Å². The third kappa shape index (κ3) is 3.03. The van der Waals surface area contributed by atoms with Gasteiger partial charge < -0.3 is 19.7 Å². The van der Waals surface area contributed by atoms with Gasteiger partial charge in [0.2, 0.25) is 5.91 Å². The smallest absolute Gasteiger partial charge is 0.335 e. The molecule has 0 aliphatic carbocycles. The molecule has 1 aliphatic heterocycles. The van der Waals surface area contributed by atoms with Crippen molar-refractivity contribution in [3.8, 4) is 11.4 Å². The van der Waals surface area contributed by atoms with E-state index in [0.29, 0.717) is 5.82 Å². The number of imidazole rings is 1. The van der Waals surface area contributed by atoms with Crippen LogP contribution in [0.3, 0.4) is 0 Å². The number of hydrogen-bond donors (Lipinski definition) is 2. The molecule has 2 aromatic carbocycles. The first-order valence-electron chi connectivity index (χ1n) is 8.41. The largest absolute Gasteiger partial charge is 0.497 e. The van der Waals surface area contributed by atoms with E-state index in [1.807, 2.05) is 28.8 Å². The van der Waals surface area contributed by atoms with Crippen LogP contribution in [0.1, 0.15) is 34.0 Å². The number of anilines is 1. The fourth-order valence-corrected chi connectivity index (χ4v) is 3.33. The highest BCUT2D eigenvalue weighted by molar-refractivity contribution is 5.94. The molecule has 2 N–H and O–H groups in total. The Kier molecular flexibility index (Phi) is 4.12. The molecule has 1 aliphatic rings. The number of rotatable bonds is 4. The van der Waals surface area contributed by atoms with E-state index in [4.69, 9.17) is 9.84 Å². The third-order valence-electron chi connectivity index (χ3n) is 4.69. The number of amides is 1. The molecule has 27 heavy (non-hydrogen) atoms. The number of carbonyl (C=O) groups excluding carboxylic acids is 1. The van der Waals surface area contributed by atoms with Crippen molar-refractivity contribution in [2.24, 2.45) is 0 Å². The Balaban J connectivity index is 1.78. The van der Waals surface area contributed by atoms with Crippen molar-refractivity contribution in [1.29, 1.82) is 0 Å². The van der Waals surface area contributed by atoms with Gasteiger partial charge in [-0.25, -0.2) is 9.78 Å². The molecule has 3 aromatic rings. The minimum absolute atomic E-state index is 0.116. The average molecular weight is 363 g/mol. The van der Waals surface area contributed by atoms with Crippen molar-refractivity contribution in [3.63, 3.8) is 0 Å². The molecule has 1 atom stereocenters. The van der Waals surface area contributed by atoms with Gasteiger partial charge in [0.15, 0.2) is 5.82 Å². The van der Waals surface area contributed by atoms with E-state index in [1.54, 1.807) is 37.7 Å². The minimum atomic E-state index is -0.980. The summed E-state index contributed by atoms with van der Waals surface area (Å²) in [5.41, 5.74) is 2.84. The van der Waals surface area contributed by atoms with Crippen molar-refractivity contribution in [2.75, 3.05) is 12.4 Å². The quantitative estimate of drug-likeness (QED) is 0.743. The number of fused-ring (bicyclic) bond motifs is 1. The van der Waals surface area contributed by atoms with Gasteiger partial charge >= 0.3 is 5.97 Å². The van der Waals surface area contributed by atoms with Gasteiger partial charge in [-0.15, -0.1) is 0 Å². The number of ether oxygens (including phenoxy) is 1. The number of carboxylic acid groups (broad SMARTS) is 1. The molecule has 2 heterocycles. The van der Waals surface area contributed by atoms with Gasteiger partial charge in [-0.3, -0.25) is 4.79 Å². The van der Waals surface area contributed by atoms with Gasteiger partial charge in [0.1, 0.15) is 12.1 Å². The van der Waals surface area contributed by atoms with E-state index in [1.165, 1.54) is 0 Å². The fraction of sp³-hybridized carbons (Fsp3) is 0.150. The number of carbonyl (C=O) groups is 2. The van der Waals surface area contributed by atoms with Crippen LogP contribution in [0.15, 0.2) is 54.9 Å². The second kappa shape index (κ2) is 6.60. The van der Waals surface area contributed by atoms with E-state index in [0.717, 1.165) is 22.7 Å². The van der Waals surface area contributed by atoms with Crippen molar-refractivity contribution >= 4 is 17.7 Å². The number of hydrogen-bond acceptors (Lipinski definition) is 4. The van der Waals surface area contributed by atoms with Crippen molar-refractivity contribution in [2.45, 2.75) is 12.3 Å². The number of methoxy groups -OCH3 is 1. The number of carboxylic acids is 1. The topological polar surface area (TPSA) is 93.5 Å². The zero-order valence-corrected chi connectivity index (χ0v) is 14.5. The van der Waals surface area contributed by atoms with Crippen LogP contribution in [0.5, 0.6) is 5.75 Å². The molecule has 0 saturated carbocycles. The van der Waals surface area contributed by atoms with Crippen LogP contribution in [-0.2, 0) is 4.79 Å². The lowest BCUT2D eigenvalue weighted by Gasteiger charge is -2.25. The number of aromatic carboxylic acids is 1. The van der Waals surface area contributed by atoms with Crippen LogP contribution in [0.2, 0.25) is 0 Å². The number of nitrogens with one attached hydrogen (secondary N) is 1. The van der Waals surface area contributed by atoms with Crippen LogP contribution >= 0.6 is 0 Å². The first-order chi connectivity index (χ1) is 13.1.